The van der Waals surface area contributed by atoms with Gasteiger partial charge in [0.25, 0.3) is 0 Å². The van der Waals surface area contributed by atoms with Gasteiger partial charge in [0, 0.05) is 0 Å². The van der Waals surface area contributed by atoms with Crippen LogP contribution in [-0.4, -0.2) is 23.2 Å². The Kier molecular flexibility index (Phi) is 4.45. The van der Waals surface area contributed by atoms with Gasteiger partial charge in [0.05, 0.1) is 6.07 Å². The Labute approximate surface area is 93.1 Å². The summed E-state index contributed by atoms with van der Waals surface area (Å²) in [5.74, 6) is -0.794. The average Bonchev–Trinajstić information content (AvgIpc) is 2.35. The van der Waals surface area contributed by atoms with Crippen LogP contribution < -0.4 is 5.73 Å². The summed E-state index contributed by atoms with van der Waals surface area (Å²) in [7, 11) is 0. The van der Waals surface area contributed by atoms with E-state index < -0.39 is 18.1 Å². The smallest absolute Gasteiger partial charge is 0.327 e. The van der Waals surface area contributed by atoms with Crippen molar-refractivity contribution in [3.05, 3.63) is 35.9 Å². The van der Waals surface area contributed by atoms with Crippen molar-refractivity contribution in [3.8, 4) is 6.07 Å². The van der Waals surface area contributed by atoms with Crippen LogP contribution in [0, 0.1) is 11.3 Å². The van der Waals surface area contributed by atoms with Crippen LogP contribution in [-0.2, 0) is 16.1 Å². The van der Waals surface area contributed by atoms with Crippen LogP contribution in [0.1, 0.15) is 5.56 Å². The number of nitrogens with zero attached hydrogens (tertiary/aromatic N) is 1. The maximum Gasteiger partial charge on any atom is 0.327 e. The van der Waals surface area contributed by atoms with E-state index in [-0.39, 0.29) is 6.61 Å². The minimum atomic E-state index is -1.54. The molecule has 0 saturated carbocycles. The lowest BCUT2D eigenvalue weighted by atomic mass is 10.2. The molecule has 0 aliphatic carbocycles. The predicted octanol–water partition coefficient (Wildman–Crippen LogP) is -0.0584. The monoisotopic (exact) mass is 220 g/mol. The number of carbonyl (C=O) groups excluding carboxylic acids is 1. The molecule has 0 bridgehead atoms. The number of ether oxygens (including phenoxy) is 1. The third-order valence-corrected chi connectivity index (χ3v) is 1.97. The van der Waals surface area contributed by atoms with Gasteiger partial charge in [-0.25, -0.2) is 0 Å². The fourth-order valence-electron chi connectivity index (χ4n) is 1.03. The normalized spacial score (nSPS) is 13.6. The first kappa shape index (κ1) is 12.2. The molecule has 84 valence electrons. The molecular formula is C11H12N2O3. The highest BCUT2D eigenvalue weighted by Gasteiger charge is 2.23. The molecule has 0 heterocycles. The lowest BCUT2D eigenvalue weighted by Gasteiger charge is -2.11. The van der Waals surface area contributed by atoms with Gasteiger partial charge in [-0.3, -0.25) is 4.79 Å². The van der Waals surface area contributed by atoms with Gasteiger partial charge in [-0.1, -0.05) is 30.3 Å². The van der Waals surface area contributed by atoms with Crippen molar-refractivity contribution in [1.29, 1.82) is 5.26 Å². The second-order valence-corrected chi connectivity index (χ2v) is 3.19. The molecule has 1 aromatic carbocycles. The maximum absolute atomic E-state index is 11.3. The number of nitriles is 1. The van der Waals surface area contributed by atoms with Crippen LogP contribution in [0.15, 0.2) is 30.3 Å². The van der Waals surface area contributed by atoms with Gasteiger partial charge in [0.1, 0.15) is 12.6 Å². The molecule has 0 aromatic heterocycles. The summed E-state index contributed by atoms with van der Waals surface area (Å²) in [6, 6.07) is 9.20. The molecule has 0 fully saturated rings. The van der Waals surface area contributed by atoms with E-state index in [0.29, 0.717) is 0 Å². The topological polar surface area (TPSA) is 96.3 Å². The van der Waals surface area contributed by atoms with E-state index in [4.69, 9.17) is 20.8 Å². The molecule has 0 aliphatic heterocycles. The second kappa shape index (κ2) is 5.85. The van der Waals surface area contributed by atoms with E-state index in [9.17, 15) is 4.79 Å². The van der Waals surface area contributed by atoms with Crippen molar-refractivity contribution in [1.82, 2.24) is 0 Å². The number of nitrogens with two attached hydrogens (primary N) is 1. The van der Waals surface area contributed by atoms with Crippen molar-refractivity contribution in [3.63, 3.8) is 0 Å². The third-order valence-electron chi connectivity index (χ3n) is 1.97. The van der Waals surface area contributed by atoms with Gasteiger partial charge >= 0.3 is 5.97 Å². The number of hydrogen-bond donors (Lipinski definition) is 2. The molecule has 1 aromatic rings. The Morgan fingerprint density at radius 2 is 2.12 bits per heavy atom. The number of aliphatic hydroxyl groups excluding tert-OH is 1. The number of esters is 1. The van der Waals surface area contributed by atoms with E-state index in [1.165, 1.54) is 6.07 Å². The molecule has 16 heavy (non-hydrogen) atoms. The van der Waals surface area contributed by atoms with Crippen LogP contribution in [0.2, 0.25) is 0 Å². The molecule has 0 radical (unpaired) electrons. The number of aliphatic hydroxyl groups is 1. The number of benzene rings is 1. The highest BCUT2D eigenvalue weighted by atomic mass is 16.5. The molecule has 0 spiro atoms. The number of rotatable bonds is 4. The Morgan fingerprint density at radius 1 is 1.50 bits per heavy atom. The van der Waals surface area contributed by atoms with Crippen LogP contribution in [0.4, 0.5) is 0 Å². The van der Waals surface area contributed by atoms with Gasteiger partial charge in [-0.15, -0.1) is 0 Å². The van der Waals surface area contributed by atoms with Crippen LogP contribution in [0.3, 0.4) is 0 Å². The Balaban J connectivity index is 2.45. The zero-order valence-electron chi connectivity index (χ0n) is 8.54. The number of carbonyl (C=O) groups is 1. The zero-order valence-corrected chi connectivity index (χ0v) is 8.54. The maximum atomic E-state index is 11.3. The third kappa shape index (κ3) is 3.35. The van der Waals surface area contributed by atoms with Crippen LogP contribution in [0.5, 0.6) is 0 Å². The summed E-state index contributed by atoms with van der Waals surface area (Å²) in [6.45, 7) is 0.0749. The summed E-state index contributed by atoms with van der Waals surface area (Å²) >= 11 is 0. The van der Waals surface area contributed by atoms with Crippen LogP contribution >= 0.6 is 0 Å². The van der Waals surface area contributed by atoms with E-state index in [1.54, 1.807) is 12.1 Å². The van der Waals surface area contributed by atoms with Gasteiger partial charge in [0.2, 0.25) is 0 Å². The lowest BCUT2D eigenvalue weighted by Crippen LogP contribution is -2.42. The zero-order chi connectivity index (χ0) is 12.0. The van der Waals surface area contributed by atoms with Gasteiger partial charge in [-0.2, -0.15) is 5.26 Å². The predicted molar refractivity (Wildman–Crippen MR) is 55.8 cm³/mol. The molecule has 0 amide bonds. The largest absolute Gasteiger partial charge is 0.460 e. The summed E-state index contributed by atoms with van der Waals surface area (Å²) in [4.78, 5) is 11.3. The highest BCUT2D eigenvalue weighted by molar-refractivity contribution is 5.76. The Bertz CT molecular complexity index is 386. The Hall–Kier alpha value is -1.90. The van der Waals surface area contributed by atoms with Crippen LogP contribution in [0.25, 0.3) is 0 Å². The first-order valence-electron chi connectivity index (χ1n) is 4.69. The highest BCUT2D eigenvalue weighted by Crippen LogP contribution is 2.02. The SMILES string of the molecule is N#CC(O)[C@@H](N)C(=O)OCc1ccccc1. The molecule has 5 nitrogen and oxygen atoms in total. The van der Waals surface area contributed by atoms with E-state index in [2.05, 4.69) is 0 Å². The second-order valence-electron chi connectivity index (χ2n) is 3.19. The van der Waals surface area contributed by atoms with Crippen molar-refractivity contribution < 1.29 is 14.6 Å². The van der Waals surface area contributed by atoms with Gasteiger partial charge in [-0.05, 0) is 5.56 Å². The first-order chi connectivity index (χ1) is 7.65. The summed E-state index contributed by atoms with van der Waals surface area (Å²) in [6.07, 6.45) is -1.54. The minimum absolute atomic E-state index is 0.0749. The molecule has 3 N–H and O–H groups in total. The summed E-state index contributed by atoms with van der Waals surface area (Å²) in [5, 5.41) is 17.4. The molecule has 5 heteroatoms. The quantitative estimate of drug-likeness (QED) is 0.547. The molecular weight excluding hydrogens is 208 g/mol. The van der Waals surface area contributed by atoms with Crippen molar-refractivity contribution in [2.45, 2.75) is 18.8 Å². The standard InChI is InChI=1S/C11H12N2O3/c12-6-9(14)10(13)11(15)16-7-8-4-2-1-3-5-8/h1-5,9-10,14H,7,13H2/t9?,10-/m1/s1. The van der Waals surface area contributed by atoms with E-state index in [0.717, 1.165) is 5.56 Å². The fourth-order valence-corrected chi connectivity index (χ4v) is 1.03. The van der Waals surface area contributed by atoms with Crippen molar-refractivity contribution in [2.24, 2.45) is 5.73 Å². The molecule has 0 saturated heterocycles. The first-order valence-corrected chi connectivity index (χ1v) is 4.69. The van der Waals surface area contributed by atoms with Crippen molar-refractivity contribution >= 4 is 5.97 Å². The van der Waals surface area contributed by atoms with Gasteiger partial charge in [0.15, 0.2) is 6.10 Å². The van der Waals surface area contributed by atoms with E-state index >= 15 is 0 Å². The molecule has 0 aliphatic rings. The summed E-state index contributed by atoms with van der Waals surface area (Å²) in [5.41, 5.74) is 6.10. The van der Waals surface area contributed by atoms with E-state index in [1.807, 2.05) is 18.2 Å². The summed E-state index contributed by atoms with van der Waals surface area (Å²) < 4.78 is 4.84. The van der Waals surface area contributed by atoms with Gasteiger partial charge < -0.3 is 15.6 Å². The van der Waals surface area contributed by atoms with Crippen molar-refractivity contribution in [2.75, 3.05) is 0 Å². The minimum Gasteiger partial charge on any atom is -0.460 e. The molecule has 1 rings (SSSR count). The fraction of sp³-hybridized carbons (Fsp3) is 0.273. The lowest BCUT2D eigenvalue weighted by molar-refractivity contribution is -0.148. The Morgan fingerprint density at radius 3 is 2.69 bits per heavy atom. The number of hydrogen-bond acceptors (Lipinski definition) is 5. The average molecular weight is 220 g/mol. The molecule has 2 atom stereocenters. The molecule has 1 unspecified atom stereocenters.